The molecule has 0 aromatic heterocycles. The van der Waals surface area contributed by atoms with Crippen molar-refractivity contribution in [1.29, 1.82) is 0 Å². The summed E-state index contributed by atoms with van der Waals surface area (Å²) in [5.74, 6) is 1.44. The summed E-state index contributed by atoms with van der Waals surface area (Å²) in [7, 11) is 0. The minimum atomic E-state index is -0.0856. The van der Waals surface area contributed by atoms with Crippen molar-refractivity contribution in [2.45, 2.75) is 52.7 Å². The first kappa shape index (κ1) is 12.0. The highest BCUT2D eigenvalue weighted by Gasteiger charge is 2.31. The van der Waals surface area contributed by atoms with E-state index in [1.807, 2.05) is 0 Å². The molecule has 1 fully saturated rings. The maximum Gasteiger partial charge on any atom is 0.0682 e. The SMILES string of the molecule is CC(C)C[C@@H]1C[C@H](O)CN1CC(C)C. The average molecular weight is 199 g/mol. The lowest BCUT2D eigenvalue weighted by molar-refractivity contribution is 0.166. The zero-order chi connectivity index (χ0) is 10.7. The number of likely N-dealkylation sites (tertiary alicyclic amines) is 1. The van der Waals surface area contributed by atoms with Crippen molar-refractivity contribution in [3.05, 3.63) is 0 Å². The van der Waals surface area contributed by atoms with E-state index in [-0.39, 0.29) is 6.10 Å². The van der Waals surface area contributed by atoms with Gasteiger partial charge in [-0.05, 0) is 24.7 Å². The minimum absolute atomic E-state index is 0.0856. The van der Waals surface area contributed by atoms with Gasteiger partial charge in [-0.1, -0.05) is 27.7 Å². The van der Waals surface area contributed by atoms with Crippen LogP contribution in [0.5, 0.6) is 0 Å². The van der Waals surface area contributed by atoms with Gasteiger partial charge in [-0.15, -0.1) is 0 Å². The van der Waals surface area contributed by atoms with E-state index in [0.29, 0.717) is 12.0 Å². The van der Waals surface area contributed by atoms with Crippen LogP contribution < -0.4 is 0 Å². The maximum atomic E-state index is 9.65. The molecular weight excluding hydrogens is 174 g/mol. The van der Waals surface area contributed by atoms with Gasteiger partial charge >= 0.3 is 0 Å². The molecule has 2 atom stereocenters. The van der Waals surface area contributed by atoms with Crippen LogP contribution in [0.2, 0.25) is 0 Å². The monoisotopic (exact) mass is 199 g/mol. The summed E-state index contributed by atoms with van der Waals surface area (Å²) in [6.45, 7) is 11.0. The topological polar surface area (TPSA) is 23.5 Å². The van der Waals surface area contributed by atoms with Gasteiger partial charge in [0.2, 0.25) is 0 Å². The van der Waals surface area contributed by atoms with E-state index in [4.69, 9.17) is 0 Å². The Morgan fingerprint density at radius 2 is 1.86 bits per heavy atom. The molecule has 1 saturated heterocycles. The summed E-state index contributed by atoms with van der Waals surface area (Å²) >= 11 is 0. The first-order valence-corrected chi connectivity index (χ1v) is 5.91. The molecule has 84 valence electrons. The lowest BCUT2D eigenvalue weighted by atomic mass is 10.0. The highest BCUT2D eigenvalue weighted by Crippen LogP contribution is 2.24. The van der Waals surface area contributed by atoms with Gasteiger partial charge in [0.25, 0.3) is 0 Å². The normalized spacial score (nSPS) is 29.4. The standard InChI is InChI=1S/C12H25NO/c1-9(2)5-11-6-12(14)8-13(11)7-10(3)4/h9-12,14H,5-8H2,1-4H3/t11-,12+/m1/s1. The van der Waals surface area contributed by atoms with Gasteiger partial charge in [-0.3, -0.25) is 4.90 Å². The van der Waals surface area contributed by atoms with Crippen LogP contribution in [-0.2, 0) is 0 Å². The molecule has 0 aromatic carbocycles. The average Bonchev–Trinajstić information content (AvgIpc) is 2.28. The molecule has 0 amide bonds. The summed E-state index contributed by atoms with van der Waals surface area (Å²) in [4.78, 5) is 2.47. The number of nitrogens with zero attached hydrogens (tertiary/aromatic N) is 1. The van der Waals surface area contributed by atoms with Crippen LogP contribution in [0.25, 0.3) is 0 Å². The molecule has 0 saturated carbocycles. The van der Waals surface area contributed by atoms with Gasteiger partial charge < -0.3 is 5.11 Å². The Morgan fingerprint density at radius 3 is 2.36 bits per heavy atom. The number of aliphatic hydroxyl groups excluding tert-OH is 1. The molecule has 2 nitrogen and oxygen atoms in total. The minimum Gasteiger partial charge on any atom is -0.392 e. The van der Waals surface area contributed by atoms with Crippen LogP contribution in [-0.4, -0.2) is 35.2 Å². The number of β-amino-alcohol motifs (C(OH)–C–C–N with tert-alkyl or cyclic N) is 1. The Labute approximate surface area is 88.3 Å². The van der Waals surface area contributed by atoms with Crippen LogP contribution in [0.1, 0.15) is 40.5 Å². The van der Waals surface area contributed by atoms with Crippen molar-refractivity contribution in [3.63, 3.8) is 0 Å². The van der Waals surface area contributed by atoms with Crippen LogP contribution in [0, 0.1) is 11.8 Å². The van der Waals surface area contributed by atoms with Gasteiger partial charge in [0.15, 0.2) is 0 Å². The Bertz CT molecular complexity index is 150. The van der Waals surface area contributed by atoms with E-state index in [0.717, 1.165) is 25.4 Å². The highest BCUT2D eigenvalue weighted by atomic mass is 16.3. The first-order valence-electron chi connectivity index (χ1n) is 5.91. The maximum absolute atomic E-state index is 9.65. The van der Waals surface area contributed by atoms with Crippen molar-refractivity contribution >= 4 is 0 Å². The third kappa shape index (κ3) is 3.58. The number of hydrogen-bond donors (Lipinski definition) is 1. The Balaban J connectivity index is 2.45. The predicted molar refractivity (Wildman–Crippen MR) is 60.3 cm³/mol. The molecule has 1 N–H and O–H groups in total. The molecule has 1 aliphatic rings. The van der Waals surface area contributed by atoms with Crippen LogP contribution in [0.3, 0.4) is 0 Å². The Morgan fingerprint density at radius 1 is 1.21 bits per heavy atom. The molecule has 1 aliphatic heterocycles. The van der Waals surface area contributed by atoms with Crippen molar-refractivity contribution in [2.24, 2.45) is 11.8 Å². The third-order valence-electron chi connectivity index (χ3n) is 2.85. The molecular formula is C12H25NO. The highest BCUT2D eigenvalue weighted by molar-refractivity contribution is 4.85. The molecule has 0 aliphatic carbocycles. The van der Waals surface area contributed by atoms with E-state index in [2.05, 4.69) is 32.6 Å². The van der Waals surface area contributed by atoms with E-state index in [9.17, 15) is 5.11 Å². The van der Waals surface area contributed by atoms with Crippen molar-refractivity contribution in [2.75, 3.05) is 13.1 Å². The Kier molecular flexibility index (Phi) is 4.39. The van der Waals surface area contributed by atoms with Crippen molar-refractivity contribution in [1.82, 2.24) is 4.90 Å². The summed E-state index contributed by atoms with van der Waals surface area (Å²) in [5.41, 5.74) is 0. The zero-order valence-corrected chi connectivity index (χ0v) is 10.0. The molecule has 0 spiro atoms. The molecule has 2 heteroatoms. The summed E-state index contributed by atoms with van der Waals surface area (Å²) in [6, 6.07) is 0.618. The second-order valence-electron chi connectivity index (χ2n) is 5.52. The first-order chi connectivity index (χ1) is 6.49. The largest absolute Gasteiger partial charge is 0.392 e. The molecule has 0 aromatic rings. The smallest absolute Gasteiger partial charge is 0.0682 e. The van der Waals surface area contributed by atoms with Crippen LogP contribution in [0.15, 0.2) is 0 Å². The number of rotatable bonds is 4. The quantitative estimate of drug-likeness (QED) is 0.749. The van der Waals surface area contributed by atoms with E-state index < -0.39 is 0 Å². The van der Waals surface area contributed by atoms with Gasteiger partial charge in [-0.25, -0.2) is 0 Å². The fraction of sp³-hybridized carbons (Fsp3) is 1.00. The molecule has 0 radical (unpaired) electrons. The number of hydrogen-bond acceptors (Lipinski definition) is 2. The number of aliphatic hydroxyl groups is 1. The molecule has 0 unspecified atom stereocenters. The second-order valence-corrected chi connectivity index (χ2v) is 5.52. The van der Waals surface area contributed by atoms with E-state index in [1.54, 1.807) is 0 Å². The van der Waals surface area contributed by atoms with Crippen molar-refractivity contribution in [3.8, 4) is 0 Å². The summed E-state index contributed by atoms with van der Waals surface area (Å²) in [5, 5.41) is 9.65. The lowest BCUT2D eigenvalue weighted by Gasteiger charge is -2.26. The fourth-order valence-electron chi connectivity index (χ4n) is 2.44. The molecule has 1 rings (SSSR count). The van der Waals surface area contributed by atoms with E-state index in [1.165, 1.54) is 6.42 Å². The van der Waals surface area contributed by atoms with Gasteiger partial charge in [-0.2, -0.15) is 0 Å². The zero-order valence-electron chi connectivity index (χ0n) is 10.0. The fourth-order valence-corrected chi connectivity index (χ4v) is 2.44. The van der Waals surface area contributed by atoms with Crippen LogP contribution in [0.4, 0.5) is 0 Å². The van der Waals surface area contributed by atoms with Gasteiger partial charge in [0.1, 0.15) is 0 Å². The predicted octanol–water partition coefficient (Wildman–Crippen LogP) is 2.12. The van der Waals surface area contributed by atoms with E-state index >= 15 is 0 Å². The third-order valence-corrected chi connectivity index (χ3v) is 2.85. The van der Waals surface area contributed by atoms with Gasteiger partial charge in [0, 0.05) is 19.1 Å². The van der Waals surface area contributed by atoms with Crippen molar-refractivity contribution < 1.29 is 5.11 Å². The molecule has 0 bridgehead atoms. The summed E-state index contributed by atoms with van der Waals surface area (Å²) < 4.78 is 0. The second kappa shape index (κ2) is 5.13. The molecule has 1 heterocycles. The Hall–Kier alpha value is -0.0800. The van der Waals surface area contributed by atoms with Crippen LogP contribution >= 0.6 is 0 Å². The van der Waals surface area contributed by atoms with Gasteiger partial charge in [0.05, 0.1) is 6.10 Å². The molecule has 14 heavy (non-hydrogen) atoms. The lowest BCUT2D eigenvalue weighted by Crippen LogP contribution is -2.34. The summed E-state index contributed by atoms with van der Waals surface area (Å²) in [6.07, 6.45) is 2.12.